The van der Waals surface area contributed by atoms with E-state index in [1.54, 1.807) is 11.1 Å². The summed E-state index contributed by atoms with van der Waals surface area (Å²) in [6.45, 7) is 1.56. The number of carbonyl (C=O) groups excluding carboxylic acids is 1. The minimum Gasteiger partial charge on any atom is -0.315 e. The van der Waals surface area contributed by atoms with Gasteiger partial charge in [-0.25, -0.2) is 0 Å². The van der Waals surface area contributed by atoms with E-state index in [-0.39, 0.29) is 17.7 Å². The van der Waals surface area contributed by atoms with Crippen molar-refractivity contribution in [1.29, 1.82) is 0 Å². The highest BCUT2D eigenvalue weighted by molar-refractivity contribution is 6.04. The van der Waals surface area contributed by atoms with Gasteiger partial charge in [-0.1, -0.05) is 42.5 Å². The number of hydrogen-bond acceptors (Lipinski definition) is 3. The van der Waals surface area contributed by atoms with E-state index >= 15 is 0 Å². The van der Waals surface area contributed by atoms with Crippen LogP contribution in [0.1, 0.15) is 11.5 Å². The molecule has 1 aliphatic rings. The maximum atomic E-state index is 13.2. The van der Waals surface area contributed by atoms with E-state index in [2.05, 4.69) is 22.4 Å². The van der Waals surface area contributed by atoms with Crippen LogP contribution in [0.2, 0.25) is 0 Å². The molecule has 1 aromatic heterocycles. The quantitative estimate of drug-likeness (QED) is 0.802. The molecule has 4 heteroatoms. The number of carbonyl (C=O) groups is 1. The molecule has 2 unspecified atom stereocenters. The summed E-state index contributed by atoms with van der Waals surface area (Å²) in [6.07, 6.45) is 3.61. The first-order valence-corrected chi connectivity index (χ1v) is 8.61. The van der Waals surface area contributed by atoms with Crippen molar-refractivity contribution in [2.75, 3.05) is 25.0 Å². The first-order chi connectivity index (χ1) is 12.3. The number of hydrogen-bond donors (Lipinski definition) is 1. The Morgan fingerprint density at radius 2 is 1.92 bits per heavy atom. The SMILES string of the molecule is CN(C(=O)C1CNCC1c1ccccc1)c1cccc2cnccc12. The number of fused-ring (bicyclic) bond motifs is 1. The van der Waals surface area contributed by atoms with Gasteiger partial charge in [-0.05, 0) is 17.7 Å². The molecule has 0 spiro atoms. The number of nitrogens with zero attached hydrogens (tertiary/aromatic N) is 2. The number of amides is 1. The molecule has 0 aliphatic carbocycles. The van der Waals surface area contributed by atoms with E-state index in [1.165, 1.54) is 5.56 Å². The Hall–Kier alpha value is -2.72. The lowest BCUT2D eigenvalue weighted by Crippen LogP contribution is -2.36. The van der Waals surface area contributed by atoms with Crippen LogP contribution < -0.4 is 10.2 Å². The fourth-order valence-electron chi connectivity index (χ4n) is 3.75. The topological polar surface area (TPSA) is 45.2 Å². The van der Waals surface area contributed by atoms with Crippen molar-refractivity contribution in [3.63, 3.8) is 0 Å². The predicted octanol–water partition coefficient (Wildman–Crippen LogP) is 3.20. The molecule has 2 atom stereocenters. The largest absolute Gasteiger partial charge is 0.315 e. The van der Waals surface area contributed by atoms with E-state index in [0.29, 0.717) is 0 Å². The predicted molar refractivity (Wildman–Crippen MR) is 101 cm³/mol. The molecule has 1 fully saturated rings. The maximum Gasteiger partial charge on any atom is 0.231 e. The summed E-state index contributed by atoms with van der Waals surface area (Å²) < 4.78 is 0. The van der Waals surface area contributed by atoms with Crippen LogP contribution in [-0.2, 0) is 4.79 Å². The van der Waals surface area contributed by atoms with Crippen LogP contribution >= 0.6 is 0 Å². The summed E-state index contributed by atoms with van der Waals surface area (Å²) in [4.78, 5) is 19.2. The van der Waals surface area contributed by atoms with Gasteiger partial charge in [0.15, 0.2) is 0 Å². The molecule has 25 heavy (non-hydrogen) atoms. The summed E-state index contributed by atoms with van der Waals surface area (Å²) in [5.41, 5.74) is 2.16. The number of nitrogens with one attached hydrogen (secondary N) is 1. The molecule has 0 saturated carbocycles. The Kier molecular flexibility index (Phi) is 4.20. The molecular formula is C21H21N3O. The second-order valence-corrected chi connectivity index (χ2v) is 6.55. The zero-order chi connectivity index (χ0) is 17.2. The highest BCUT2D eigenvalue weighted by Crippen LogP contribution is 2.32. The van der Waals surface area contributed by atoms with Crippen molar-refractivity contribution in [3.8, 4) is 0 Å². The molecule has 1 amide bonds. The van der Waals surface area contributed by atoms with Gasteiger partial charge in [0.2, 0.25) is 5.91 Å². The van der Waals surface area contributed by atoms with Crippen molar-refractivity contribution in [2.45, 2.75) is 5.92 Å². The van der Waals surface area contributed by atoms with Crippen molar-refractivity contribution < 1.29 is 4.79 Å². The summed E-state index contributed by atoms with van der Waals surface area (Å²) in [6, 6.07) is 18.3. The normalized spacial score (nSPS) is 19.9. The van der Waals surface area contributed by atoms with E-state index in [9.17, 15) is 4.79 Å². The second-order valence-electron chi connectivity index (χ2n) is 6.55. The third kappa shape index (κ3) is 2.89. The second kappa shape index (κ2) is 6.65. The Bertz CT molecular complexity index is 889. The maximum absolute atomic E-state index is 13.2. The van der Waals surface area contributed by atoms with Gasteiger partial charge in [-0.15, -0.1) is 0 Å². The van der Waals surface area contributed by atoms with Crippen LogP contribution in [0.4, 0.5) is 5.69 Å². The van der Waals surface area contributed by atoms with Crippen LogP contribution in [0.5, 0.6) is 0 Å². The summed E-state index contributed by atoms with van der Waals surface area (Å²) in [5.74, 6) is 0.320. The molecule has 1 saturated heterocycles. The van der Waals surface area contributed by atoms with Crippen LogP contribution in [0, 0.1) is 5.92 Å². The van der Waals surface area contributed by atoms with Gasteiger partial charge in [0.25, 0.3) is 0 Å². The van der Waals surface area contributed by atoms with Crippen LogP contribution in [0.3, 0.4) is 0 Å². The Labute approximate surface area is 147 Å². The molecule has 126 valence electrons. The molecule has 2 heterocycles. The van der Waals surface area contributed by atoms with Crippen molar-refractivity contribution >= 4 is 22.4 Å². The summed E-state index contributed by atoms with van der Waals surface area (Å²) in [7, 11) is 1.87. The molecular weight excluding hydrogens is 310 g/mol. The van der Waals surface area contributed by atoms with Crippen molar-refractivity contribution in [2.24, 2.45) is 5.92 Å². The first-order valence-electron chi connectivity index (χ1n) is 8.61. The smallest absolute Gasteiger partial charge is 0.231 e. The van der Waals surface area contributed by atoms with Crippen molar-refractivity contribution in [3.05, 3.63) is 72.6 Å². The molecule has 4 rings (SSSR count). The molecule has 1 N–H and O–H groups in total. The zero-order valence-corrected chi connectivity index (χ0v) is 14.2. The molecule has 0 bridgehead atoms. The average molecular weight is 331 g/mol. The lowest BCUT2D eigenvalue weighted by atomic mass is 9.88. The summed E-state index contributed by atoms with van der Waals surface area (Å²) in [5, 5.41) is 5.48. The number of anilines is 1. The van der Waals surface area contributed by atoms with E-state index in [1.807, 2.05) is 55.7 Å². The lowest BCUT2D eigenvalue weighted by molar-refractivity contribution is -0.121. The third-order valence-corrected chi connectivity index (χ3v) is 5.11. The van der Waals surface area contributed by atoms with Gasteiger partial charge in [-0.3, -0.25) is 9.78 Å². The van der Waals surface area contributed by atoms with Gasteiger partial charge in [-0.2, -0.15) is 0 Å². The Morgan fingerprint density at radius 1 is 1.08 bits per heavy atom. The van der Waals surface area contributed by atoms with Gasteiger partial charge < -0.3 is 10.2 Å². The number of aromatic nitrogens is 1. The number of pyridine rings is 1. The van der Waals surface area contributed by atoms with Crippen LogP contribution in [0.15, 0.2) is 67.0 Å². The van der Waals surface area contributed by atoms with Gasteiger partial charge in [0.1, 0.15) is 0 Å². The minimum atomic E-state index is -0.0514. The van der Waals surface area contributed by atoms with E-state index in [0.717, 1.165) is 29.5 Å². The molecule has 2 aromatic carbocycles. The average Bonchev–Trinajstić information content (AvgIpc) is 3.17. The minimum absolute atomic E-state index is 0.0514. The fourth-order valence-corrected chi connectivity index (χ4v) is 3.75. The third-order valence-electron chi connectivity index (χ3n) is 5.11. The van der Waals surface area contributed by atoms with Crippen LogP contribution in [-0.4, -0.2) is 31.0 Å². The number of rotatable bonds is 3. The van der Waals surface area contributed by atoms with E-state index in [4.69, 9.17) is 0 Å². The van der Waals surface area contributed by atoms with Gasteiger partial charge in [0, 0.05) is 49.2 Å². The molecule has 4 nitrogen and oxygen atoms in total. The van der Waals surface area contributed by atoms with Crippen molar-refractivity contribution in [1.82, 2.24) is 10.3 Å². The van der Waals surface area contributed by atoms with Crippen LogP contribution in [0.25, 0.3) is 10.8 Å². The molecule has 3 aromatic rings. The Morgan fingerprint density at radius 3 is 2.76 bits per heavy atom. The van der Waals surface area contributed by atoms with E-state index < -0.39 is 0 Å². The summed E-state index contributed by atoms with van der Waals surface area (Å²) >= 11 is 0. The monoisotopic (exact) mass is 331 g/mol. The first kappa shape index (κ1) is 15.8. The van der Waals surface area contributed by atoms with Gasteiger partial charge >= 0.3 is 0 Å². The highest BCUT2D eigenvalue weighted by atomic mass is 16.2. The molecule has 0 radical (unpaired) electrons. The Balaban J connectivity index is 1.65. The fraction of sp³-hybridized carbons (Fsp3) is 0.238. The lowest BCUT2D eigenvalue weighted by Gasteiger charge is -2.26. The van der Waals surface area contributed by atoms with Gasteiger partial charge in [0.05, 0.1) is 11.6 Å². The number of benzene rings is 2. The zero-order valence-electron chi connectivity index (χ0n) is 14.2. The molecule has 1 aliphatic heterocycles. The highest BCUT2D eigenvalue weighted by Gasteiger charge is 2.36. The standard InChI is InChI=1S/C21H21N3O/c1-24(20-9-5-8-16-12-22-11-10-17(16)20)21(25)19-14-23-13-18(19)15-6-3-2-4-7-15/h2-12,18-19,23H,13-14H2,1H3.